The first-order chi connectivity index (χ1) is 8.68. The van der Waals surface area contributed by atoms with Crippen LogP contribution in [0.4, 0.5) is 5.69 Å². The molecule has 0 saturated heterocycles. The molecule has 0 aliphatic heterocycles. The number of carbonyl (C=O) groups is 1. The monoisotopic (exact) mass is 249 g/mol. The smallest absolute Gasteiger partial charge is 0.337 e. The predicted molar refractivity (Wildman–Crippen MR) is 70.2 cm³/mol. The van der Waals surface area contributed by atoms with Crippen LogP contribution in [0.25, 0.3) is 0 Å². The maximum atomic E-state index is 11.1. The van der Waals surface area contributed by atoms with Crippen molar-refractivity contribution < 1.29 is 14.6 Å². The Morgan fingerprint density at radius 2 is 2.17 bits per heavy atom. The molecule has 0 aromatic heterocycles. The van der Waals surface area contributed by atoms with Gasteiger partial charge in [0, 0.05) is 20.2 Å². The van der Waals surface area contributed by atoms with E-state index in [9.17, 15) is 4.79 Å². The molecule has 0 amide bonds. The third kappa shape index (κ3) is 3.47. The van der Waals surface area contributed by atoms with Crippen LogP contribution in [0.1, 0.15) is 23.2 Å². The van der Waals surface area contributed by atoms with E-state index in [0.717, 1.165) is 18.2 Å². The second-order valence-electron chi connectivity index (χ2n) is 4.76. The van der Waals surface area contributed by atoms with Crippen LogP contribution in [0.2, 0.25) is 0 Å². The Morgan fingerprint density at radius 3 is 2.83 bits per heavy atom. The van der Waals surface area contributed by atoms with E-state index in [2.05, 4.69) is 0 Å². The third-order valence-corrected chi connectivity index (χ3v) is 3.17. The van der Waals surface area contributed by atoms with Gasteiger partial charge in [0.25, 0.3) is 0 Å². The Balaban J connectivity index is 1.86. The average molecular weight is 249 g/mol. The minimum atomic E-state index is -0.892. The summed E-state index contributed by atoms with van der Waals surface area (Å²) < 4.78 is 5.56. The molecule has 1 N–H and O–H groups in total. The molecule has 1 aromatic rings. The van der Waals surface area contributed by atoms with Crippen LogP contribution < -0.4 is 4.90 Å². The van der Waals surface area contributed by atoms with E-state index >= 15 is 0 Å². The molecule has 0 atom stereocenters. The van der Waals surface area contributed by atoms with Gasteiger partial charge in [-0.2, -0.15) is 0 Å². The Hall–Kier alpha value is -1.55. The van der Waals surface area contributed by atoms with Crippen molar-refractivity contribution in [2.75, 3.05) is 31.7 Å². The number of carboxylic acid groups (broad SMARTS) is 1. The summed E-state index contributed by atoms with van der Waals surface area (Å²) in [6.45, 7) is 2.19. The number of hydrogen-bond donors (Lipinski definition) is 1. The molecular formula is C14H19NO3. The lowest BCUT2D eigenvalue weighted by Gasteiger charge is -2.21. The molecule has 1 aliphatic carbocycles. The first-order valence-electron chi connectivity index (χ1n) is 6.29. The fourth-order valence-corrected chi connectivity index (χ4v) is 1.84. The van der Waals surface area contributed by atoms with Gasteiger partial charge in [0.15, 0.2) is 0 Å². The minimum absolute atomic E-state index is 0.335. The largest absolute Gasteiger partial charge is 0.478 e. The lowest BCUT2D eigenvalue weighted by molar-refractivity contribution is 0.0697. The van der Waals surface area contributed by atoms with Gasteiger partial charge in [-0.1, -0.05) is 12.1 Å². The summed E-state index contributed by atoms with van der Waals surface area (Å²) in [5, 5.41) is 9.11. The summed E-state index contributed by atoms with van der Waals surface area (Å²) >= 11 is 0. The number of benzene rings is 1. The summed E-state index contributed by atoms with van der Waals surface area (Å²) in [7, 11) is 1.89. The summed E-state index contributed by atoms with van der Waals surface area (Å²) in [5.41, 5.74) is 1.07. The van der Waals surface area contributed by atoms with Crippen molar-refractivity contribution in [3.63, 3.8) is 0 Å². The molecule has 0 heterocycles. The lowest BCUT2D eigenvalue weighted by atomic mass is 10.1. The molecule has 2 rings (SSSR count). The number of carboxylic acids is 1. The number of likely N-dealkylation sites (N-methyl/N-ethyl adjacent to an activating group) is 1. The van der Waals surface area contributed by atoms with E-state index in [4.69, 9.17) is 9.84 Å². The van der Waals surface area contributed by atoms with Gasteiger partial charge in [-0.15, -0.1) is 0 Å². The van der Waals surface area contributed by atoms with Crippen LogP contribution in [0, 0.1) is 5.92 Å². The molecule has 1 aromatic carbocycles. The first-order valence-corrected chi connectivity index (χ1v) is 6.29. The van der Waals surface area contributed by atoms with Gasteiger partial charge in [0.2, 0.25) is 0 Å². The highest BCUT2D eigenvalue weighted by Crippen LogP contribution is 2.28. The maximum absolute atomic E-state index is 11.1. The van der Waals surface area contributed by atoms with Crippen molar-refractivity contribution in [1.82, 2.24) is 0 Å². The van der Waals surface area contributed by atoms with E-state index < -0.39 is 5.97 Å². The molecule has 1 aliphatic rings. The van der Waals surface area contributed by atoms with Crippen LogP contribution in [0.15, 0.2) is 24.3 Å². The van der Waals surface area contributed by atoms with E-state index in [1.807, 2.05) is 24.1 Å². The number of anilines is 1. The van der Waals surface area contributed by atoms with Crippen molar-refractivity contribution >= 4 is 11.7 Å². The van der Waals surface area contributed by atoms with Crippen LogP contribution in [0.3, 0.4) is 0 Å². The van der Waals surface area contributed by atoms with Gasteiger partial charge < -0.3 is 14.7 Å². The van der Waals surface area contributed by atoms with Crippen LogP contribution in [0.5, 0.6) is 0 Å². The van der Waals surface area contributed by atoms with Crippen molar-refractivity contribution in [3.8, 4) is 0 Å². The Bertz CT molecular complexity index is 415. The molecular weight excluding hydrogens is 230 g/mol. The first kappa shape index (κ1) is 12.9. The zero-order chi connectivity index (χ0) is 13.0. The predicted octanol–water partition coefficient (Wildman–Crippen LogP) is 2.25. The van der Waals surface area contributed by atoms with E-state index in [1.54, 1.807) is 12.1 Å². The highest BCUT2D eigenvalue weighted by molar-refractivity contribution is 5.94. The molecule has 1 saturated carbocycles. The van der Waals surface area contributed by atoms with E-state index in [0.29, 0.717) is 18.7 Å². The Kier molecular flexibility index (Phi) is 4.20. The quantitative estimate of drug-likeness (QED) is 0.753. The van der Waals surface area contributed by atoms with Crippen LogP contribution in [-0.2, 0) is 4.74 Å². The number of rotatable bonds is 7. The van der Waals surface area contributed by atoms with Crippen LogP contribution in [-0.4, -0.2) is 37.9 Å². The molecule has 4 heteroatoms. The Labute approximate surface area is 107 Å². The summed E-state index contributed by atoms with van der Waals surface area (Å²) in [6.07, 6.45) is 2.58. The minimum Gasteiger partial charge on any atom is -0.478 e. The number of ether oxygens (including phenoxy) is 1. The highest BCUT2D eigenvalue weighted by Gasteiger charge is 2.21. The molecule has 4 nitrogen and oxygen atoms in total. The van der Waals surface area contributed by atoms with Gasteiger partial charge in [0.1, 0.15) is 0 Å². The fourth-order valence-electron chi connectivity index (χ4n) is 1.84. The average Bonchev–Trinajstić information content (AvgIpc) is 3.18. The molecule has 1 fully saturated rings. The van der Waals surface area contributed by atoms with Gasteiger partial charge in [-0.3, -0.25) is 0 Å². The van der Waals surface area contributed by atoms with Gasteiger partial charge >= 0.3 is 5.97 Å². The lowest BCUT2D eigenvalue weighted by Crippen LogP contribution is -2.24. The summed E-state index contributed by atoms with van der Waals surface area (Å²) in [4.78, 5) is 13.0. The fraction of sp³-hybridized carbons (Fsp3) is 0.500. The van der Waals surface area contributed by atoms with Gasteiger partial charge in [-0.05, 0) is 30.9 Å². The molecule has 0 radical (unpaired) electrons. The zero-order valence-corrected chi connectivity index (χ0v) is 10.6. The second-order valence-corrected chi connectivity index (χ2v) is 4.76. The number of hydrogen-bond acceptors (Lipinski definition) is 3. The number of nitrogens with zero attached hydrogens (tertiary/aromatic N) is 1. The Morgan fingerprint density at radius 1 is 1.44 bits per heavy atom. The number of para-hydroxylation sites is 1. The molecule has 18 heavy (non-hydrogen) atoms. The summed E-state index contributed by atoms with van der Waals surface area (Å²) in [6, 6.07) is 7.04. The molecule has 0 spiro atoms. The van der Waals surface area contributed by atoms with E-state index in [-0.39, 0.29) is 0 Å². The normalized spacial score (nSPS) is 14.5. The highest BCUT2D eigenvalue weighted by atomic mass is 16.5. The number of aromatic carboxylic acids is 1. The van der Waals surface area contributed by atoms with Gasteiger partial charge in [0.05, 0.1) is 17.9 Å². The van der Waals surface area contributed by atoms with Crippen molar-refractivity contribution in [2.24, 2.45) is 5.92 Å². The molecule has 0 bridgehead atoms. The van der Waals surface area contributed by atoms with Gasteiger partial charge in [-0.25, -0.2) is 4.79 Å². The van der Waals surface area contributed by atoms with Crippen molar-refractivity contribution in [2.45, 2.75) is 12.8 Å². The summed E-state index contributed by atoms with van der Waals surface area (Å²) in [5.74, 6) is -0.127. The maximum Gasteiger partial charge on any atom is 0.337 e. The van der Waals surface area contributed by atoms with Crippen molar-refractivity contribution in [1.29, 1.82) is 0 Å². The second kappa shape index (κ2) is 5.87. The molecule has 0 unspecified atom stereocenters. The zero-order valence-electron chi connectivity index (χ0n) is 10.6. The third-order valence-electron chi connectivity index (χ3n) is 3.17. The van der Waals surface area contributed by atoms with Crippen molar-refractivity contribution in [3.05, 3.63) is 29.8 Å². The van der Waals surface area contributed by atoms with E-state index in [1.165, 1.54) is 12.8 Å². The standard InChI is InChI=1S/C14H19NO3/c1-15(8-9-18-10-11-6-7-11)13-5-3-2-4-12(13)14(16)17/h2-5,11H,6-10H2,1H3,(H,16,17). The topological polar surface area (TPSA) is 49.8 Å². The SMILES string of the molecule is CN(CCOCC1CC1)c1ccccc1C(=O)O. The molecule has 98 valence electrons. The van der Waals surface area contributed by atoms with Crippen LogP contribution >= 0.6 is 0 Å².